The predicted octanol–water partition coefficient (Wildman–Crippen LogP) is 5.13. The van der Waals surface area contributed by atoms with E-state index in [0.717, 1.165) is 24.3 Å². The summed E-state index contributed by atoms with van der Waals surface area (Å²) in [6, 6.07) is 4.86. The maximum Gasteiger partial charge on any atom is -0.00146 e. The Kier molecular flexibility index (Phi) is 5.87. The predicted molar refractivity (Wildman–Crippen MR) is 93.1 cm³/mol. The summed E-state index contributed by atoms with van der Waals surface area (Å²) in [5.74, 6) is 2.33. The van der Waals surface area contributed by atoms with E-state index in [4.69, 9.17) is 0 Å². The molecule has 2 rings (SSSR count). The largest absolute Gasteiger partial charge is 0.316 e. The van der Waals surface area contributed by atoms with Crippen molar-refractivity contribution in [1.29, 1.82) is 0 Å². The highest BCUT2D eigenvalue weighted by molar-refractivity contribution is 5.39. The van der Waals surface area contributed by atoms with Crippen molar-refractivity contribution in [3.05, 3.63) is 34.4 Å². The molecular weight excluding hydrogens is 254 g/mol. The molecular formula is C20H33N. The van der Waals surface area contributed by atoms with Gasteiger partial charge in [-0.25, -0.2) is 0 Å². The Morgan fingerprint density at radius 1 is 1.00 bits per heavy atom. The maximum absolute atomic E-state index is 3.70. The standard InChI is InChI=1S/C20H33N/c1-14(2)12-21-13-18-8-6-7-9-19(18)20-11-16(4)15(3)10-17(20)5/h10-11,14,18-19,21H,6-9,12-13H2,1-5H3. The summed E-state index contributed by atoms with van der Waals surface area (Å²) in [6.45, 7) is 13.7. The highest BCUT2D eigenvalue weighted by Gasteiger charge is 2.27. The second-order valence-corrected chi connectivity index (χ2v) is 7.50. The average molecular weight is 287 g/mol. The summed E-state index contributed by atoms with van der Waals surface area (Å²) in [7, 11) is 0. The van der Waals surface area contributed by atoms with Crippen molar-refractivity contribution in [3.63, 3.8) is 0 Å². The molecule has 1 fully saturated rings. The minimum atomic E-state index is 0.746. The molecule has 0 saturated heterocycles. The second kappa shape index (κ2) is 7.45. The van der Waals surface area contributed by atoms with Gasteiger partial charge in [-0.3, -0.25) is 0 Å². The number of nitrogens with one attached hydrogen (secondary N) is 1. The van der Waals surface area contributed by atoms with Crippen LogP contribution in [0.25, 0.3) is 0 Å². The van der Waals surface area contributed by atoms with Crippen LogP contribution in [0.1, 0.15) is 67.7 Å². The maximum atomic E-state index is 3.70. The van der Waals surface area contributed by atoms with Crippen molar-refractivity contribution in [3.8, 4) is 0 Å². The van der Waals surface area contributed by atoms with E-state index in [1.54, 1.807) is 5.56 Å². The molecule has 0 spiro atoms. The zero-order chi connectivity index (χ0) is 15.4. The molecule has 0 heterocycles. The minimum Gasteiger partial charge on any atom is -0.316 e. The SMILES string of the molecule is Cc1cc(C)c(C2CCCCC2CNCC(C)C)cc1C. The zero-order valence-corrected chi connectivity index (χ0v) is 14.6. The molecule has 1 aliphatic carbocycles. The molecule has 2 atom stereocenters. The van der Waals surface area contributed by atoms with Gasteiger partial charge in [-0.05, 0) is 86.7 Å². The molecule has 0 amide bonds. The lowest BCUT2D eigenvalue weighted by Crippen LogP contribution is -2.31. The van der Waals surface area contributed by atoms with Gasteiger partial charge in [0.15, 0.2) is 0 Å². The van der Waals surface area contributed by atoms with Crippen LogP contribution in [-0.2, 0) is 0 Å². The lowest BCUT2D eigenvalue weighted by molar-refractivity contribution is 0.291. The monoisotopic (exact) mass is 287 g/mol. The van der Waals surface area contributed by atoms with Crippen molar-refractivity contribution in [2.75, 3.05) is 13.1 Å². The second-order valence-electron chi connectivity index (χ2n) is 7.50. The smallest absolute Gasteiger partial charge is 0.00146 e. The number of rotatable bonds is 5. The third-order valence-electron chi connectivity index (χ3n) is 5.15. The van der Waals surface area contributed by atoms with Gasteiger partial charge in [0.2, 0.25) is 0 Å². The van der Waals surface area contributed by atoms with E-state index in [9.17, 15) is 0 Å². The molecule has 0 bridgehead atoms. The van der Waals surface area contributed by atoms with Gasteiger partial charge in [-0.15, -0.1) is 0 Å². The molecule has 1 aromatic rings. The minimum absolute atomic E-state index is 0.746. The molecule has 21 heavy (non-hydrogen) atoms. The Morgan fingerprint density at radius 2 is 1.67 bits per heavy atom. The van der Waals surface area contributed by atoms with Gasteiger partial charge in [0.1, 0.15) is 0 Å². The van der Waals surface area contributed by atoms with Crippen LogP contribution in [0.3, 0.4) is 0 Å². The molecule has 1 N–H and O–H groups in total. The normalized spacial score (nSPS) is 22.8. The first-order chi connectivity index (χ1) is 9.99. The van der Waals surface area contributed by atoms with Gasteiger partial charge in [-0.2, -0.15) is 0 Å². The van der Waals surface area contributed by atoms with E-state index in [1.807, 2.05) is 0 Å². The number of hydrogen-bond acceptors (Lipinski definition) is 1. The van der Waals surface area contributed by atoms with E-state index in [-0.39, 0.29) is 0 Å². The molecule has 1 heteroatoms. The summed E-state index contributed by atoms with van der Waals surface area (Å²) in [5.41, 5.74) is 6.00. The summed E-state index contributed by atoms with van der Waals surface area (Å²) in [5, 5.41) is 3.70. The third kappa shape index (κ3) is 4.32. The van der Waals surface area contributed by atoms with Gasteiger partial charge in [0, 0.05) is 0 Å². The lowest BCUT2D eigenvalue weighted by atomic mass is 9.73. The van der Waals surface area contributed by atoms with E-state index >= 15 is 0 Å². The summed E-state index contributed by atoms with van der Waals surface area (Å²) in [6.07, 6.45) is 5.58. The molecule has 1 aromatic carbocycles. The summed E-state index contributed by atoms with van der Waals surface area (Å²) < 4.78 is 0. The van der Waals surface area contributed by atoms with Gasteiger partial charge < -0.3 is 5.32 Å². The Morgan fingerprint density at radius 3 is 2.38 bits per heavy atom. The van der Waals surface area contributed by atoms with Crippen molar-refractivity contribution in [2.24, 2.45) is 11.8 Å². The van der Waals surface area contributed by atoms with Crippen molar-refractivity contribution in [2.45, 2.75) is 66.2 Å². The van der Waals surface area contributed by atoms with Crippen LogP contribution in [-0.4, -0.2) is 13.1 Å². The van der Waals surface area contributed by atoms with E-state index in [0.29, 0.717) is 0 Å². The van der Waals surface area contributed by atoms with Gasteiger partial charge in [-0.1, -0.05) is 38.8 Å². The summed E-state index contributed by atoms with van der Waals surface area (Å²) in [4.78, 5) is 0. The van der Waals surface area contributed by atoms with Crippen LogP contribution in [0, 0.1) is 32.6 Å². The topological polar surface area (TPSA) is 12.0 Å². The first-order valence-corrected chi connectivity index (χ1v) is 8.77. The molecule has 2 unspecified atom stereocenters. The molecule has 1 saturated carbocycles. The van der Waals surface area contributed by atoms with E-state index < -0.39 is 0 Å². The Balaban J connectivity index is 2.12. The van der Waals surface area contributed by atoms with Crippen LogP contribution in [0.2, 0.25) is 0 Å². The zero-order valence-electron chi connectivity index (χ0n) is 14.6. The van der Waals surface area contributed by atoms with Crippen LogP contribution >= 0.6 is 0 Å². The molecule has 118 valence electrons. The molecule has 1 nitrogen and oxygen atoms in total. The fraction of sp³-hybridized carbons (Fsp3) is 0.700. The molecule has 0 radical (unpaired) electrons. The molecule has 0 aromatic heterocycles. The van der Waals surface area contributed by atoms with Crippen molar-refractivity contribution < 1.29 is 0 Å². The number of aryl methyl sites for hydroxylation is 3. The van der Waals surface area contributed by atoms with Crippen molar-refractivity contribution >= 4 is 0 Å². The quantitative estimate of drug-likeness (QED) is 0.791. The van der Waals surface area contributed by atoms with E-state index in [2.05, 4.69) is 52.1 Å². The Labute approximate surface area is 131 Å². The Bertz CT molecular complexity index is 461. The number of hydrogen-bond donors (Lipinski definition) is 1. The van der Waals surface area contributed by atoms with Crippen LogP contribution < -0.4 is 5.32 Å². The van der Waals surface area contributed by atoms with Gasteiger partial charge in [0.25, 0.3) is 0 Å². The first kappa shape index (κ1) is 16.5. The Hall–Kier alpha value is -0.820. The number of benzene rings is 1. The highest BCUT2D eigenvalue weighted by Crippen LogP contribution is 2.39. The first-order valence-electron chi connectivity index (χ1n) is 8.77. The molecule has 0 aliphatic heterocycles. The fourth-order valence-corrected chi connectivity index (χ4v) is 3.80. The average Bonchev–Trinajstić information content (AvgIpc) is 2.43. The highest BCUT2D eigenvalue weighted by atomic mass is 14.9. The van der Waals surface area contributed by atoms with E-state index in [1.165, 1.54) is 48.9 Å². The van der Waals surface area contributed by atoms with Crippen LogP contribution in [0.5, 0.6) is 0 Å². The van der Waals surface area contributed by atoms with Gasteiger partial charge >= 0.3 is 0 Å². The third-order valence-corrected chi connectivity index (χ3v) is 5.15. The van der Waals surface area contributed by atoms with Gasteiger partial charge in [0.05, 0.1) is 0 Å². The molecule has 1 aliphatic rings. The van der Waals surface area contributed by atoms with Crippen LogP contribution in [0.15, 0.2) is 12.1 Å². The van der Waals surface area contributed by atoms with Crippen molar-refractivity contribution in [1.82, 2.24) is 5.32 Å². The fourth-order valence-electron chi connectivity index (χ4n) is 3.80. The summed E-state index contributed by atoms with van der Waals surface area (Å²) >= 11 is 0. The lowest BCUT2D eigenvalue weighted by Gasteiger charge is -2.33. The van der Waals surface area contributed by atoms with Crippen LogP contribution in [0.4, 0.5) is 0 Å².